The fraction of sp³-hybridized carbons (Fsp3) is 0.387. The Bertz CT molecular complexity index is 1490. The third kappa shape index (κ3) is 6.21. The van der Waals surface area contributed by atoms with Crippen molar-refractivity contribution >= 4 is 34.8 Å². The highest BCUT2D eigenvalue weighted by molar-refractivity contribution is 5.97. The van der Waals surface area contributed by atoms with E-state index in [0.29, 0.717) is 17.0 Å². The Morgan fingerprint density at radius 3 is 2.49 bits per heavy atom. The van der Waals surface area contributed by atoms with E-state index in [-0.39, 0.29) is 36.4 Å². The van der Waals surface area contributed by atoms with E-state index in [4.69, 9.17) is 14.2 Å². The lowest BCUT2D eigenvalue weighted by Gasteiger charge is -2.29. The van der Waals surface area contributed by atoms with Crippen LogP contribution in [-0.2, 0) is 14.9 Å². The summed E-state index contributed by atoms with van der Waals surface area (Å²) in [4.78, 5) is 43.2. The lowest BCUT2D eigenvalue weighted by molar-refractivity contribution is 0.0788. The first-order chi connectivity index (χ1) is 19.6. The van der Waals surface area contributed by atoms with Crippen LogP contribution in [0, 0.1) is 5.82 Å². The fourth-order valence-electron chi connectivity index (χ4n) is 5.64. The molecule has 0 bridgehead atoms. The second-order valence-corrected chi connectivity index (χ2v) is 11.1. The van der Waals surface area contributed by atoms with Crippen molar-refractivity contribution in [2.45, 2.75) is 64.3 Å². The summed E-state index contributed by atoms with van der Waals surface area (Å²) in [6, 6.07) is 10.7. The van der Waals surface area contributed by atoms with Crippen LogP contribution in [-0.4, -0.2) is 47.2 Å². The van der Waals surface area contributed by atoms with Crippen LogP contribution >= 0.6 is 0 Å². The second-order valence-electron chi connectivity index (χ2n) is 11.1. The molecule has 3 aromatic rings. The normalized spacial score (nSPS) is 16.8. The highest BCUT2D eigenvalue weighted by atomic mass is 19.1. The van der Waals surface area contributed by atoms with Gasteiger partial charge < -0.3 is 29.4 Å². The molecule has 1 aromatic heterocycles. The highest BCUT2D eigenvalue weighted by Gasteiger charge is 2.37. The van der Waals surface area contributed by atoms with Crippen molar-refractivity contribution in [3.8, 4) is 5.75 Å². The molecule has 41 heavy (non-hydrogen) atoms. The minimum absolute atomic E-state index is 0.0909. The van der Waals surface area contributed by atoms with Crippen LogP contribution in [0.5, 0.6) is 5.75 Å². The second kappa shape index (κ2) is 11.6. The van der Waals surface area contributed by atoms with Gasteiger partial charge in [-0.15, -0.1) is 0 Å². The van der Waals surface area contributed by atoms with Crippen molar-refractivity contribution < 1.29 is 33.0 Å². The van der Waals surface area contributed by atoms with Gasteiger partial charge in [0, 0.05) is 40.5 Å². The summed E-state index contributed by atoms with van der Waals surface area (Å²) in [6.07, 6.45) is 5.32. The van der Waals surface area contributed by atoms with Crippen LogP contribution in [0.1, 0.15) is 74.5 Å². The predicted molar refractivity (Wildman–Crippen MR) is 151 cm³/mol. The van der Waals surface area contributed by atoms with Crippen LogP contribution in [0.3, 0.4) is 0 Å². The molecule has 1 aliphatic carbocycles. The Morgan fingerprint density at radius 2 is 1.78 bits per heavy atom. The third-order valence-electron chi connectivity index (χ3n) is 7.48. The number of ether oxygens (including phenoxy) is 3. The molecular weight excluding hydrogens is 529 g/mol. The molecule has 0 unspecified atom stereocenters. The van der Waals surface area contributed by atoms with Gasteiger partial charge in [0.2, 0.25) is 0 Å². The average molecular weight is 564 g/mol. The summed E-state index contributed by atoms with van der Waals surface area (Å²) < 4.78 is 29.7. The first kappa shape index (κ1) is 28.2. The van der Waals surface area contributed by atoms with Gasteiger partial charge in [-0.2, -0.15) is 0 Å². The number of H-pyrrole nitrogens is 1. The lowest BCUT2D eigenvalue weighted by Crippen LogP contribution is -2.38. The average Bonchev–Trinajstić information content (AvgIpc) is 3.28. The van der Waals surface area contributed by atoms with Gasteiger partial charge in [0.25, 0.3) is 5.91 Å². The van der Waals surface area contributed by atoms with Crippen LogP contribution < -0.4 is 10.1 Å². The zero-order chi connectivity index (χ0) is 29.1. The Morgan fingerprint density at radius 1 is 1.05 bits per heavy atom. The van der Waals surface area contributed by atoms with Crippen molar-refractivity contribution in [3.63, 3.8) is 0 Å². The maximum atomic E-state index is 13.5. The maximum Gasteiger partial charge on any atom is 0.513 e. The van der Waals surface area contributed by atoms with E-state index in [1.165, 1.54) is 41.8 Å². The summed E-state index contributed by atoms with van der Waals surface area (Å²) in [7, 11) is 0. The molecule has 2 heterocycles. The zero-order valence-corrected chi connectivity index (χ0v) is 23.4. The molecule has 2 aliphatic rings. The molecule has 1 fully saturated rings. The van der Waals surface area contributed by atoms with Crippen molar-refractivity contribution in [2.75, 3.05) is 13.2 Å². The Balaban J connectivity index is 1.49. The van der Waals surface area contributed by atoms with Crippen LogP contribution in [0.25, 0.3) is 16.7 Å². The molecule has 9 nitrogen and oxygen atoms in total. The lowest BCUT2D eigenvalue weighted by atomic mass is 9.82. The Hall–Kier alpha value is -4.34. The van der Waals surface area contributed by atoms with Gasteiger partial charge in [0.15, 0.2) is 5.76 Å². The van der Waals surface area contributed by atoms with E-state index in [1.807, 2.05) is 19.9 Å². The number of aromatic amines is 1. The molecule has 2 aromatic carbocycles. The first-order valence-corrected chi connectivity index (χ1v) is 13.9. The van der Waals surface area contributed by atoms with Gasteiger partial charge in [-0.05, 0) is 61.7 Å². The largest absolute Gasteiger partial charge is 0.513 e. The molecule has 10 heteroatoms. The summed E-state index contributed by atoms with van der Waals surface area (Å²) in [5, 5.41) is 3.77. The van der Waals surface area contributed by atoms with Crippen LogP contribution in [0.2, 0.25) is 0 Å². The maximum absolute atomic E-state index is 13.5. The molecule has 5 rings (SSSR count). The number of fused-ring (bicyclic) bond motifs is 3. The van der Waals surface area contributed by atoms with E-state index < -0.39 is 23.5 Å². The molecule has 0 spiro atoms. The zero-order valence-electron chi connectivity index (χ0n) is 23.4. The minimum Gasteiger partial charge on any atom is -0.434 e. The van der Waals surface area contributed by atoms with Gasteiger partial charge >= 0.3 is 12.2 Å². The number of carbonyl (C=O) groups is 3. The van der Waals surface area contributed by atoms with E-state index in [2.05, 4.69) is 10.3 Å². The number of benzene rings is 2. The van der Waals surface area contributed by atoms with Gasteiger partial charge in [-0.25, -0.2) is 14.0 Å². The summed E-state index contributed by atoms with van der Waals surface area (Å²) in [5.74, 6) is -0.369. The SMILES string of the molecule is CCOC(=O)OC1=CN(C(=O)c2ccc(F)cc2)CC(C)(C)c2c1[nH]c1cc(OC(=O)NC3CCCCC3)ccc21. The van der Waals surface area contributed by atoms with Crippen LogP contribution in [0.4, 0.5) is 14.0 Å². The summed E-state index contributed by atoms with van der Waals surface area (Å²) in [6.45, 7) is 5.97. The van der Waals surface area contributed by atoms with E-state index >= 15 is 0 Å². The van der Waals surface area contributed by atoms with Crippen molar-refractivity contribution in [3.05, 3.63) is 71.3 Å². The van der Waals surface area contributed by atoms with Gasteiger partial charge in [-0.3, -0.25) is 4.79 Å². The number of amides is 2. The van der Waals surface area contributed by atoms with E-state index in [1.54, 1.807) is 19.1 Å². The quantitative estimate of drug-likeness (QED) is 0.337. The number of hydrogen-bond donors (Lipinski definition) is 2. The number of halogens is 1. The standard InChI is InChI=1S/C31H34FN3O6/c1-4-39-30(38)41-25-17-35(28(36)19-10-12-20(32)13-11-19)18-31(2,3)26-23-15-14-22(16-24(23)34-27(25)26)40-29(37)33-21-8-6-5-7-9-21/h10-17,21,34H,4-9,18H2,1-3H3,(H,33,37). The van der Waals surface area contributed by atoms with Crippen molar-refractivity contribution in [2.24, 2.45) is 0 Å². The smallest absolute Gasteiger partial charge is 0.434 e. The molecule has 216 valence electrons. The molecular formula is C31H34FN3O6. The number of nitrogens with one attached hydrogen (secondary N) is 2. The highest BCUT2D eigenvalue weighted by Crippen LogP contribution is 2.41. The van der Waals surface area contributed by atoms with E-state index in [0.717, 1.165) is 36.6 Å². The fourth-order valence-corrected chi connectivity index (χ4v) is 5.64. The molecule has 0 radical (unpaired) electrons. The van der Waals surface area contributed by atoms with Crippen LogP contribution in [0.15, 0.2) is 48.7 Å². The number of nitrogens with zero attached hydrogens (tertiary/aromatic N) is 1. The summed E-state index contributed by atoms with van der Waals surface area (Å²) in [5.41, 5.74) is 1.65. The van der Waals surface area contributed by atoms with E-state index in [9.17, 15) is 18.8 Å². The number of carbonyl (C=O) groups excluding carboxylic acids is 3. The number of aromatic nitrogens is 1. The first-order valence-electron chi connectivity index (χ1n) is 13.9. The molecule has 1 aliphatic heterocycles. The third-order valence-corrected chi connectivity index (χ3v) is 7.48. The molecule has 1 saturated carbocycles. The van der Waals surface area contributed by atoms with Gasteiger partial charge in [0.1, 0.15) is 11.6 Å². The van der Waals surface area contributed by atoms with Gasteiger partial charge in [0.05, 0.1) is 18.5 Å². The minimum atomic E-state index is -0.916. The van der Waals surface area contributed by atoms with Crippen molar-refractivity contribution in [1.82, 2.24) is 15.2 Å². The Labute approximate surface area is 237 Å². The molecule has 2 amide bonds. The Kier molecular flexibility index (Phi) is 8.01. The van der Waals surface area contributed by atoms with Gasteiger partial charge in [-0.1, -0.05) is 33.1 Å². The molecule has 0 saturated heterocycles. The summed E-state index contributed by atoms with van der Waals surface area (Å²) >= 11 is 0. The number of rotatable bonds is 5. The van der Waals surface area contributed by atoms with Crippen molar-refractivity contribution in [1.29, 1.82) is 0 Å². The monoisotopic (exact) mass is 563 g/mol. The topological polar surface area (TPSA) is 110 Å². The molecule has 2 N–H and O–H groups in total. The molecule has 0 atom stereocenters. The number of hydrogen-bond acceptors (Lipinski definition) is 6. The predicted octanol–water partition coefficient (Wildman–Crippen LogP) is 6.63.